The number of likely N-dealkylation sites (tertiary alicyclic amines) is 1. The maximum Gasteiger partial charge on any atom is 0.393 e. The molecule has 0 aromatic heterocycles. The lowest BCUT2D eigenvalue weighted by Crippen LogP contribution is -2.48. The molecular formula is C12H23F3N2O. The Morgan fingerprint density at radius 2 is 2.06 bits per heavy atom. The maximum atomic E-state index is 12.9. The van der Waals surface area contributed by atoms with Crippen LogP contribution in [-0.2, 0) is 4.74 Å². The van der Waals surface area contributed by atoms with Crippen LogP contribution in [0.4, 0.5) is 13.2 Å². The second kappa shape index (κ2) is 5.75. The molecule has 0 saturated carbocycles. The summed E-state index contributed by atoms with van der Waals surface area (Å²) >= 11 is 0. The highest BCUT2D eigenvalue weighted by Crippen LogP contribution is 2.44. The number of nitrogens with two attached hydrogens (primary N) is 1. The van der Waals surface area contributed by atoms with Crippen LogP contribution in [0.3, 0.4) is 0 Å². The Balaban J connectivity index is 2.59. The van der Waals surface area contributed by atoms with Crippen molar-refractivity contribution in [2.45, 2.75) is 44.5 Å². The molecule has 0 bridgehead atoms. The van der Waals surface area contributed by atoms with Crippen LogP contribution < -0.4 is 5.73 Å². The van der Waals surface area contributed by atoms with E-state index >= 15 is 0 Å². The summed E-state index contributed by atoms with van der Waals surface area (Å²) in [5.74, 6) is -1.25. The minimum atomic E-state index is -4.12. The lowest BCUT2D eigenvalue weighted by molar-refractivity contribution is -0.191. The number of ether oxygens (including phenoxy) is 1. The standard InChI is InChI=1S/C12H23F3N2O/c1-11(2)10(12(13,14)15)5-7-17(11)6-4-9(8-16)18-3/h9-10H,4-8,16H2,1-3H3. The van der Waals surface area contributed by atoms with E-state index in [0.29, 0.717) is 26.1 Å². The van der Waals surface area contributed by atoms with Crippen molar-refractivity contribution in [2.24, 2.45) is 11.7 Å². The molecular weight excluding hydrogens is 245 g/mol. The maximum absolute atomic E-state index is 12.9. The van der Waals surface area contributed by atoms with Crippen LogP contribution in [0, 0.1) is 5.92 Å². The van der Waals surface area contributed by atoms with Crippen molar-refractivity contribution in [3.8, 4) is 0 Å². The van der Waals surface area contributed by atoms with Gasteiger partial charge in [-0.25, -0.2) is 0 Å². The molecule has 0 aromatic rings. The molecule has 0 aromatic carbocycles. The van der Waals surface area contributed by atoms with E-state index in [1.54, 1.807) is 21.0 Å². The highest BCUT2D eigenvalue weighted by atomic mass is 19.4. The van der Waals surface area contributed by atoms with E-state index in [4.69, 9.17) is 10.5 Å². The van der Waals surface area contributed by atoms with Crippen molar-refractivity contribution in [1.82, 2.24) is 4.90 Å². The zero-order valence-corrected chi connectivity index (χ0v) is 11.3. The van der Waals surface area contributed by atoms with Crippen LogP contribution in [-0.4, -0.2) is 49.5 Å². The number of nitrogens with zero attached hydrogens (tertiary/aromatic N) is 1. The number of rotatable bonds is 5. The number of alkyl halides is 3. The first-order valence-electron chi connectivity index (χ1n) is 6.28. The van der Waals surface area contributed by atoms with Crippen molar-refractivity contribution in [3.05, 3.63) is 0 Å². The molecule has 1 aliphatic rings. The Kier molecular flexibility index (Phi) is 5.03. The minimum Gasteiger partial charge on any atom is -0.380 e. The van der Waals surface area contributed by atoms with Gasteiger partial charge in [-0.05, 0) is 33.2 Å². The SMILES string of the molecule is COC(CN)CCN1CCC(C(F)(F)F)C1(C)C. The molecule has 2 N–H and O–H groups in total. The van der Waals surface area contributed by atoms with E-state index < -0.39 is 17.6 Å². The lowest BCUT2D eigenvalue weighted by atomic mass is 9.88. The average Bonchev–Trinajstić information content (AvgIpc) is 2.55. The van der Waals surface area contributed by atoms with Crippen LogP contribution in [0.1, 0.15) is 26.7 Å². The molecule has 18 heavy (non-hydrogen) atoms. The summed E-state index contributed by atoms with van der Waals surface area (Å²) in [6.45, 7) is 4.81. The number of hydrogen-bond acceptors (Lipinski definition) is 3. The molecule has 6 heteroatoms. The van der Waals surface area contributed by atoms with E-state index in [2.05, 4.69) is 0 Å². The fourth-order valence-electron chi connectivity index (χ4n) is 2.74. The smallest absolute Gasteiger partial charge is 0.380 e. The van der Waals surface area contributed by atoms with Crippen LogP contribution in [0.5, 0.6) is 0 Å². The Labute approximate surface area is 106 Å². The third kappa shape index (κ3) is 3.36. The van der Waals surface area contributed by atoms with Crippen LogP contribution in [0.15, 0.2) is 0 Å². The summed E-state index contributed by atoms with van der Waals surface area (Å²) in [6.07, 6.45) is -3.35. The van der Waals surface area contributed by atoms with Gasteiger partial charge >= 0.3 is 6.18 Å². The minimum absolute atomic E-state index is 0.0780. The largest absolute Gasteiger partial charge is 0.393 e. The highest BCUT2D eigenvalue weighted by Gasteiger charge is 2.54. The van der Waals surface area contributed by atoms with E-state index in [9.17, 15) is 13.2 Å². The summed E-state index contributed by atoms with van der Waals surface area (Å²) in [7, 11) is 1.57. The Morgan fingerprint density at radius 3 is 2.44 bits per heavy atom. The first kappa shape index (κ1) is 15.7. The van der Waals surface area contributed by atoms with Crippen LogP contribution in [0.25, 0.3) is 0 Å². The zero-order chi connectivity index (χ0) is 14.0. The van der Waals surface area contributed by atoms with Gasteiger partial charge in [0.15, 0.2) is 0 Å². The normalized spacial score (nSPS) is 26.5. The van der Waals surface area contributed by atoms with Gasteiger partial charge in [0.05, 0.1) is 12.0 Å². The van der Waals surface area contributed by atoms with E-state index in [1.807, 2.05) is 4.90 Å². The Morgan fingerprint density at radius 1 is 1.44 bits per heavy atom. The average molecular weight is 268 g/mol. The monoisotopic (exact) mass is 268 g/mol. The molecule has 1 aliphatic heterocycles. The van der Waals surface area contributed by atoms with Gasteiger partial charge in [-0.1, -0.05) is 0 Å². The summed E-state index contributed by atoms with van der Waals surface area (Å²) < 4.78 is 43.8. The van der Waals surface area contributed by atoms with E-state index in [-0.39, 0.29) is 12.5 Å². The van der Waals surface area contributed by atoms with Gasteiger partial charge in [0, 0.05) is 25.7 Å². The lowest BCUT2D eigenvalue weighted by Gasteiger charge is -2.37. The highest BCUT2D eigenvalue weighted by molar-refractivity contribution is 4.98. The second-order valence-electron chi connectivity index (χ2n) is 5.41. The number of methoxy groups -OCH3 is 1. The van der Waals surface area contributed by atoms with Crippen molar-refractivity contribution in [1.29, 1.82) is 0 Å². The molecule has 108 valence electrons. The Bertz CT molecular complexity index is 265. The molecule has 1 saturated heterocycles. The first-order valence-corrected chi connectivity index (χ1v) is 6.28. The molecule has 1 heterocycles. The fraction of sp³-hybridized carbons (Fsp3) is 1.00. The zero-order valence-electron chi connectivity index (χ0n) is 11.3. The molecule has 1 fully saturated rings. The molecule has 0 aliphatic carbocycles. The van der Waals surface area contributed by atoms with E-state index in [1.165, 1.54) is 0 Å². The number of hydrogen-bond donors (Lipinski definition) is 1. The Hall–Kier alpha value is -0.330. The van der Waals surface area contributed by atoms with E-state index in [0.717, 1.165) is 0 Å². The fourth-order valence-corrected chi connectivity index (χ4v) is 2.74. The summed E-state index contributed by atoms with van der Waals surface area (Å²) in [6, 6.07) is 0. The van der Waals surface area contributed by atoms with Gasteiger partial charge in [0.2, 0.25) is 0 Å². The molecule has 0 radical (unpaired) electrons. The van der Waals surface area contributed by atoms with Crippen molar-refractivity contribution in [3.63, 3.8) is 0 Å². The predicted octanol–water partition coefficient (Wildman–Crippen LogP) is 2.01. The quantitative estimate of drug-likeness (QED) is 0.829. The second-order valence-corrected chi connectivity index (χ2v) is 5.41. The molecule has 0 spiro atoms. The van der Waals surface area contributed by atoms with Gasteiger partial charge in [-0.3, -0.25) is 4.90 Å². The molecule has 0 amide bonds. The van der Waals surface area contributed by atoms with Gasteiger partial charge in [-0.2, -0.15) is 13.2 Å². The van der Waals surface area contributed by atoms with Gasteiger partial charge in [-0.15, -0.1) is 0 Å². The third-order valence-electron chi connectivity index (χ3n) is 4.07. The summed E-state index contributed by atoms with van der Waals surface area (Å²) in [4.78, 5) is 1.90. The molecule has 1 rings (SSSR count). The van der Waals surface area contributed by atoms with Crippen LogP contribution >= 0.6 is 0 Å². The molecule has 2 unspecified atom stereocenters. The van der Waals surface area contributed by atoms with Crippen molar-refractivity contribution in [2.75, 3.05) is 26.7 Å². The first-order chi connectivity index (χ1) is 8.23. The molecule has 2 atom stereocenters. The number of halogens is 3. The van der Waals surface area contributed by atoms with Gasteiger partial charge < -0.3 is 10.5 Å². The molecule has 3 nitrogen and oxygen atoms in total. The van der Waals surface area contributed by atoms with Gasteiger partial charge in [0.25, 0.3) is 0 Å². The predicted molar refractivity (Wildman–Crippen MR) is 64.3 cm³/mol. The van der Waals surface area contributed by atoms with Gasteiger partial charge in [0.1, 0.15) is 0 Å². The summed E-state index contributed by atoms with van der Waals surface area (Å²) in [5, 5.41) is 0. The van der Waals surface area contributed by atoms with Crippen LogP contribution in [0.2, 0.25) is 0 Å². The topological polar surface area (TPSA) is 38.5 Å². The summed E-state index contributed by atoms with van der Waals surface area (Å²) in [5.41, 5.74) is 4.67. The van der Waals surface area contributed by atoms with Crippen molar-refractivity contribution < 1.29 is 17.9 Å². The third-order valence-corrected chi connectivity index (χ3v) is 4.07. The van der Waals surface area contributed by atoms with Crippen molar-refractivity contribution >= 4 is 0 Å².